The molecule has 0 saturated heterocycles. The molecule has 1 unspecified atom stereocenters. The Bertz CT molecular complexity index is 559. The maximum Gasteiger partial charge on any atom is 0.339 e. The van der Waals surface area contributed by atoms with Crippen LogP contribution in [0.2, 0.25) is 0 Å². The summed E-state index contributed by atoms with van der Waals surface area (Å²) in [6.07, 6.45) is 0.592. The van der Waals surface area contributed by atoms with E-state index in [4.69, 9.17) is 4.74 Å². The molecule has 1 atom stereocenters. The summed E-state index contributed by atoms with van der Waals surface area (Å²) in [5.41, 5.74) is 1.62. The number of aromatic nitrogens is 1. The molecular weight excluding hydrogens is 230 g/mol. The molecule has 0 fully saturated rings. The quantitative estimate of drug-likeness (QED) is 0.843. The van der Waals surface area contributed by atoms with Crippen molar-refractivity contribution in [3.8, 4) is 0 Å². The molecule has 4 nitrogen and oxygen atoms in total. The van der Waals surface area contributed by atoms with Gasteiger partial charge >= 0.3 is 5.97 Å². The third-order valence-electron chi connectivity index (χ3n) is 2.96. The molecule has 0 radical (unpaired) electrons. The predicted octanol–water partition coefficient (Wildman–Crippen LogP) is 2.26. The highest BCUT2D eigenvalue weighted by Crippen LogP contribution is 2.27. The number of para-hydroxylation sites is 1. The predicted molar refractivity (Wildman–Crippen MR) is 69.2 cm³/mol. The van der Waals surface area contributed by atoms with E-state index in [1.54, 1.807) is 6.92 Å². The molecule has 1 aromatic heterocycles. The fourth-order valence-corrected chi connectivity index (χ4v) is 2.10. The fraction of sp³-hybridized carbons (Fsp3) is 0.357. The molecule has 2 aromatic rings. The van der Waals surface area contributed by atoms with Crippen LogP contribution in [0.4, 0.5) is 0 Å². The van der Waals surface area contributed by atoms with Crippen molar-refractivity contribution in [2.75, 3.05) is 6.61 Å². The molecule has 0 bridgehead atoms. The van der Waals surface area contributed by atoms with Crippen LogP contribution in [0.25, 0.3) is 10.9 Å². The van der Waals surface area contributed by atoms with Crippen molar-refractivity contribution in [1.29, 1.82) is 0 Å². The number of carbonyl (C=O) groups excluding carboxylic acids is 1. The SMILES string of the molecule is CCOC(=O)C(O)c1cn(CC)c2ccccc12. The van der Waals surface area contributed by atoms with Crippen LogP contribution in [-0.2, 0) is 16.1 Å². The van der Waals surface area contributed by atoms with Gasteiger partial charge in [-0.15, -0.1) is 0 Å². The number of carbonyl (C=O) groups is 1. The van der Waals surface area contributed by atoms with E-state index >= 15 is 0 Å². The number of aliphatic hydroxyl groups is 1. The number of esters is 1. The standard InChI is InChI=1S/C14H17NO3/c1-3-15-9-11(13(16)14(17)18-4-2)10-7-5-6-8-12(10)15/h5-9,13,16H,3-4H2,1-2H3. The lowest BCUT2D eigenvalue weighted by molar-refractivity contribution is -0.153. The summed E-state index contributed by atoms with van der Waals surface area (Å²) in [5.74, 6) is -0.600. The summed E-state index contributed by atoms with van der Waals surface area (Å²) in [5, 5.41) is 10.9. The third-order valence-corrected chi connectivity index (χ3v) is 2.96. The van der Waals surface area contributed by atoms with Gasteiger partial charge in [0.05, 0.1) is 6.61 Å². The first kappa shape index (κ1) is 12.6. The lowest BCUT2D eigenvalue weighted by Gasteiger charge is -2.08. The summed E-state index contributed by atoms with van der Waals surface area (Å²) in [6, 6.07) is 7.71. The van der Waals surface area contributed by atoms with Crippen LogP contribution in [0.15, 0.2) is 30.5 Å². The van der Waals surface area contributed by atoms with Gasteiger partial charge in [-0.05, 0) is 19.9 Å². The number of ether oxygens (including phenoxy) is 1. The van der Waals surface area contributed by atoms with Gasteiger partial charge in [-0.3, -0.25) is 0 Å². The molecule has 0 aliphatic heterocycles. The highest BCUT2D eigenvalue weighted by molar-refractivity contribution is 5.89. The lowest BCUT2D eigenvalue weighted by Crippen LogP contribution is -2.15. The highest BCUT2D eigenvalue weighted by atomic mass is 16.5. The van der Waals surface area contributed by atoms with E-state index in [-0.39, 0.29) is 6.61 Å². The Balaban J connectivity index is 2.47. The second-order valence-electron chi connectivity index (χ2n) is 4.04. The smallest absolute Gasteiger partial charge is 0.339 e. The van der Waals surface area contributed by atoms with Gasteiger partial charge in [0.1, 0.15) is 0 Å². The average molecular weight is 247 g/mol. The van der Waals surface area contributed by atoms with E-state index in [9.17, 15) is 9.90 Å². The van der Waals surface area contributed by atoms with Gasteiger partial charge in [-0.25, -0.2) is 4.79 Å². The number of rotatable bonds is 4. The zero-order chi connectivity index (χ0) is 13.1. The summed E-state index contributed by atoms with van der Waals surface area (Å²) >= 11 is 0. The van der Waals surface area contributed by atoms with Gasteiger partial charge in [0.15, 0.2) is 6.10 Å². The monoisotopic (exact) mass is 247 g/mol. The molecule has 0 spiro atoms. The van der Waals surface area contributed by atoms with Crippen LogP contribution in [0, 0.1) is 0 Å². The maximum atomic E-state index is 11.6. The second-order valence-corrected chi connectivity index (χ2v) is 4.04. The molecule has 96 valence electrons. The molecule has 4 heteroatoms. The molecule has 18 heavy (non-hydrogen) atoms. The van der Waals surface area contributed by atoms with Gasteiger partial charge in [0, 0.05) is 29.2 Å². The van der Waals surface area contributed by atoms with Crippen LogP contribution in [0.3, 0.4) is 0 Å². The molecular formula is C14H17NO3. The number of aryl methyl sites for hydroxylation is 1. The van der Waals surface area contributed by atoms with Crippen LogP contribution in [-0.4, -0.2) is 22.2 Å². The molecule has 0 aliphatic carbocycles. The van der Waals surface area contributed by atoms with Crippen molar-refractivity contribution in [1.82, 2.24) is 4.57 Å². The first-order valence-electron chi connectivity index (χ1n) is 6.11. The van der Waals surface area contributed by atoms with E-state index in [2.05, 4.69) is 0 Å². The first-order valence-corrected chi connectivity index (χ1v) is 6.11. The Morgan fingerprint density at radius 3 is 2.78 bits per heavy atom. The zero-order valence-electron chi connectivity index (χ0n) is 10.6. The summed E-state index contributed by atoms with van der Waals surface area (Å²) < 4.78 is 6.86. The van der Waals surface area contributed by atoms with E-state index in [0.29, 0.717) is 5.56 Å². The topological polar surface area (TPSA) is 51.5 Å². The number of hydrogen-bond acceptors (Lipinski definition) is 3. The zero-order valence-corrected chi connectivity index (χ0v) is 10.6. The number of aliphatic hydroxyl groups excluding tert-OH is 1. The molecule has 0 saturated carbocycles. The average Bonchev–Trinajstić information content (AvgIpc) is 2.77. The van der Waals surface area contributed by atoms with Crippen LogP contribution >= 0.6 is 0 Å². The second kappa shape index (κ2) is 5.23. The van der Waals surface area contributed by atoms with Crippen LogP contribution < -0.4 is 0 Å². The molecule has 0 aliphatic rings. The van der Waals surface area contributed by atoms with Gasteiger partial charge < -0.3 is 14.4 Å². The Hall–Kier alpha value is -1.81. The van der Waals surface area contributed by atoms with Crippen molar-refractivity contribution < 1.29 is 14.6 Å². The van der Waals surface area contributed by atoms with Crippen molar-refractivity contribution in [2.24, 2.45) is 0 Å². The minimum atomic E-state index is -1.22. The van der Waals surface area contributed by atoms with E-state index in [1.807, 2.05) is 42.0 Å². The highest BCUT2D eigenvalue weighted by Gasteiger charge is 2.22. The van der Waals surface area contributed by atoms with Crippen LogP contribution in [0.1, 0.15) is 25.5 Å². The molecule has 0 amide bonds. The number of benzene rings is 1. The molecule has 1 aromatic carbocycles. The van der Waals surface area contributed by atoms with E-state index in [1.165, 1.54) is 0 Å². The van der Waals surface area contributed by atoms with Gasteiger partial charge in [-0.1, -0.05) is 18.2 Å². The fourth-order valence-electron chi connectivity index (χ4n) is 2.10. The van der Waals surface area contributed by atoms with Gasteiger partial charge in [-0.2, -0.15) is 0 Å². The van der Waals surface area contributed by atoms with Crippen molar-refractivity contribution >= 4 is 16.9 Å². The number of hydrogen-bond donors (Lipinski definition) is 1. The van der Waals surface area contributed by atoms with E-state index < -0.39 is 12.1 Å². The minimum absolute atomic E-state index is 0.266. The van der Waals surface area contributed by atoms with Crippen molar-refractivity contribution in [3.05, 3.63) is 36.0 Å². The third kappa shape index (κ3) is 2.11. The summed E-state index contributed by atoms with van der Waals surface area (Å²) in [4.78, 5) is 11.6. The largest absolute Gasteiger partial charge is 0.464 e. The maximum absolute atomic E-state index is 11.6. The molecule has 1 heterocycles. The Morgan fingerprint density at radius 2 is 2.11 bits per heavy atom. The van der Waals surface area contributed by atoms with E-state index in [0.717, 1.165) is 17.4 Å². The normalized spacial score (nSPS) is 12.6. The number of fused-ring (bicyclic) bond motifs is 1. The molecule has 1 N–H and O–H groups in total. The van der Waals surface area contributed by atoms with Crippen LogP contribution in [0.5, 0.6) is 0 Å². The Labute approximate surface area is 106 Å². The number of nitrogens with zero attached hydrogens (tertiary/aromatic N) is 1. The lowest BCUT2D eigenvalue weighted by atomic mass is 10.1. The first-order chi connectivity index (χ1) is 8.69. The van der Waals surface area contributed by atoms with Crippen molar-refractivity contribution in [3.63, 3.8) is 0 Å². The van der Waals surface area contributed by atoms with Crippen molar-refractivity contribution in [2.45, 2.75) is 26.5 Å². The van der Waals surface area contributed by atoms with Gasteiger partial charge in [0.2, 0.25) is 0 Å². The van der Waals surface area contributed by atoms with Gasteiger partial charge in [0.25, 0.3) is 0 Å². The Morgan fingerprint density at radius 1 is 1.39 bits per heavy atom. The molecule has 2 rings (SSSR count). The Kier molecular flexibility index (Phi) is 3.67. The minimum Gasteiger partial charge on any atom is -0.464 e. The summed E-state index contributed by atoms with van der Waals surface area (Å²) in [6.45, 7) is 4.80. The summed E-state index contributed by atoms with van der Waals surface area (Å²) in [7, 11) is 0.